The standard InChI is InChI=1S/C20H22N4/c1-23(2)17-11-13-20(14-12-17)24(18-7-3-15(21)4-8-18)19-9-5-16(22)6-10-19/h3-14H,21-22H2,1-2H3. The zero-order valence-electron chi connectivity index (χ0n) is 14.0. The minimum Gasteiger partial charge on any atom is -0.399 e. The van der Waals surface area contributed by atoms with E-state index in [0.29, 0.717) is 0 Å². The van der Waals surface area contributed by atoms with Crippen LogP contribution in [0.3, 0.4) is 0 Å². The van der Waals surface area contributed by atoms with Crippen LogP contribution in [0.2, 0.25) is 0 Å². The lowest BCUT2D eigenvalue weighted by molar-refractivity contribution is 1.13. The van der Waals surface area contributed by atoms with E-state index in [0.717, 1.165) is 34.1 Å². The summed E-state index contributed by atoms with van der Waals surface area (Å²) < 4.78 is 0. The molecule has 0 aliphatic heterocycles. The molecule has 0 spiro atoms. The van der Waals surface area contributed by atoms with Crippen molar-refractivity contribution in [3.8, 4) is 0 Å². The highest BCUT2D eigenvalue weighted by Gasteiger charge is 2.12. The van der Waals surface area contributed by atoms with Crippen molar-refractivity contribution in [2.24, 2.45) is 0 Å². The van der Waals surface area contributed by atoms with Gasteiger partial charge in [0.2, 0.25) is 0 Å². The first-order chi connectivity index (χ1) is 11.5. The zero-order valence-corrected chi connectivity index (χ0v) is 14.0. The van der Waals surface area contributed by atoms with Crippen molar-refractivity contribution in [2.45, 2.75) is 0 Å². The van der Waals surface area contributed by atoms with Gasteiger partial charge in [-0.3, -0.25) is 0 Å². The van der Waals surface area contributed by atoms with Gasteiger partial charge in [0, 0.05) is 48.2 Å². The Kier molecular flexibility index (Phi) is 4.29. The Morgan fingerprint density at radius 2 is 0.792 bits per heavy atom. The van der Waals surface area contributed by atoms with Gasteiger partial charge < -0.3 is 21.3 Å². The molecule has 0 aliphatic carbocycles. The molecular formula is C20H22N4. The van der Waals surface area contributed by atoms with Crippen molar-refractivity contribution in [3.05, 3.63) is 72.8 Å². The van der Waals surface area contributed by atoms with Gasteiger partial charge in [0.05, 0.1) is 0 Å². The fraction of sp³-hybridized carbons (Fsp3) is 0.100. The minimum absolute atomic E-state index is 0.749. The first-order valence-corrected chi connectivity index (χ1v) is 7.83. The summed E-state index contributed by atoms with van der Waals surface area (Å²) >= 11 is 0. The van der Waals surface area contributed by atoms with Crippen LogP contribution in [-0.2, 0) is 0 Å². The molecule has 0 aromatic heterocycles. The molecule has 0 amide bonds. The predicted molar refractivity (Wildman–Crippen MR) is 104 cm³/mol. The Morgan fingerprint density at radius 3 is 1.12 bits per heavy atom. The molecule has 3 aromatic carbocycles. The summed E-state index contributed by atoms with van der Waals surface area (Å²) in [5.74, 6) is 0. The van der Waals surface area contributed by atoms with Crippen molar-refractivity contribution in [1.29, 1.82) is 0 Å². The van der Waals surface area contributed by atoms with Gasteiger partial charge in [-0.1, -0.05) is 0 Å². The van der Waals surface area contributed by atoms with Crippen LogP contribution in [0, 0.1) is 0 Å². The monoisotopic (exact) mass is 318 g/mol. The van der Waals surface area contributed by atoms with Crippen molar-refractivity contribution >= 4 is 34.1 Å². The van der Waals surface area contributed by atoms with Crippen LogP contribution >= 0.6 is 0 Å². The molecule has 24 heavy (non-hydrogen) atoms. The lowest BCUT2D eigenvalue weighted by Gasteiger charge is -2.26. The van der Waals surface area contributed by atoms with Crippen molar-refractivity contribution < 1.29 is 0 Å². The van der Waals surface area contributed by atoms with E-state index in [1.165, 1.54) is 0 Å². The molecule has 0 unspecified atom stereocenters. The van der Waals surface area contributed by atoms with E-state index in [9.17, 15) is 0 Å². The van der Waals surface area contributed by atoms with Crippen molar-refractivity contribution in [2.75, 3.05) is 35.4 Å². The van der Waals surface area contributed by atoms with Gasteiger partial charge in [-0.2, -0.15) is 0 Å². The molecule has 0 saturated heterocycles. The second kappa shape index (κ2) is 6.54. The lowest BCUT2D eigenvalue weighted by Crippen LogP contribution is -2.11. The van der Waals surface area contributed by atoms with Gasteiger partial charge in [0.1, 0.15) is 0 Å². The van der Waals surface area contributed by atoms with Gasteiger partial charge in [-0.15, -0.1) is 0 Å². The maximum Gasteiger partial charge on any atom is 0.0463 e. The Hall–Kier alpha value is -3.14. The fourth-order valence-electron chi connectivity index (χ4n) is 2.59. The molecule has 122 valence electrons. The third-order valence-electron chi connectivity index (χ3n) is 3.93. The number of nitrogens with zero attached hydrogens (tertiary/aromatic N) is 2. The average Bonchev–Trinajstić information content (AvgIpc) is 2.59. The van der Waals surface area contributed by atoms with E-state index in [2.05, 4.69) is 34.1 Å². The molecule has 4 nitrogen and oxygen atoms in total. The second-order valence-electron chi connectivity index (χ2n) is 5.93. The number of rotatable bonds is 4. The number of nitrogens with two attached hydrogens (primary N) is 2. The second-order valence-corrected chi connectivity index (χ2v) is 5.93. The smallest absolute Gasteiger partial charge is 0.0463 e. The number of benzene rings is 3. The Balaban J connectivity index is 2.07. The summed E-state index contributed by atoms with van der Waals surface area (Å²) in [5, 5.41) is 0. The molecule has 0 saturated carbocycles. The van der Waals surface area contributed by atoms with E-state index in [4.69, 9.17) is 11.5 Å². The third kappa shape index (κ3) is 3.27. The Labute approximate surface area is 142 Å². The summed E-state index contributed by atoms with van der Waals surface area (Å²) in [4.78, 5) is 4.26. The number of nitrogen functional groups attached to an aromatic ring is 2. The highest BCUT2D eigenvalue weighted by atomic mass is 15.1. The zero-order chi connectivity index (χ0) is 17.1. The maximum atomic E-state index is 5.84. The molecule has 0 bridgehead atoms. The first kappa shape index (κ1) is 15.7. The van der Waals surface area contributed by atoms with Gasteiger partial charge in [0.25, 0.3) is 0 Å². The summed E-state index contributed by atoms with van der Waals surface area (Å²) in [5.41, 5.74) is 17.5. The maximum absolute atomic E-state index is 5.84. The number of hydrogen-bond donors (Lipinski definition) is 2. The SMILES string of the molecule is CN(C)c1ccc(N(c2ccc(N)cc2)c2ccc(N)cc2)cc1. The largest absolute Gasteiger partial charge is 0.399 e. The van der Waals surface area contributed by atoms with Crippen LogP contribution in [0.4, 0.5) is 34.1 Å². The van der Waals surface area contributed by atoms with Crippen LogP contribution in [0.15, 0.2) is 72.8 Å². The van der Waals surface area contributed by atoms with E-state index in [1.54, 1.807) is 0 Å². The van der Waals surface area contributed by atoms with Crippen molar-refractivity contribution in [1.82, 2.24) is 0 Å². The van der Waals surface area contributed by atoms with Gasteiger partial charge in [0.15, 0.2) is 0 Å². The van der Waals surface area contributed by atoms with E-state index >= 15 is 0 Å². The topological polar surface area (TPSA) is 58.5 Å². The minimum atomic E-state index is 0.749. The van der Waals surface area contributed by atoms with E-state index in [-0.39, 0.29) is 0 Å². The van der Waals surface area contributed by atoms with Crippen molar-refractivity contribution in [3.63, 3.8) is 0 Å². The highest BCUT2D eigenvalue weighted by Crippen LogP contribution is 2.35. The Bertz CT molecular complexity index is 745. The van der Waals surface area contributed by atoms with Crippen LogP contribution in [0.5, 0.6) is 0 Å². The average molecular weight is 318 g/mol. The molecule has 4 heteroatoms. The Morgan fingerprint density at radius 1 is 0.500 bits per heavy atom. The third-order valence-corrected chi connectivity index (χ3v) is 3.93. The summed E-state index contributed by atoms with van der Waals surface area (Å²) in [7, 11) is 4.07. The summed E-state index contributed by atoms with van der Waals surface area (Å²) in [6, 6.07) is 24.2. The first-order valence-electron chi connectivity index (χ1n) is 7.83. The predicted octanol–water partition coefficient (Wildman–Crippen LogP) is 4.39. The molecule has 0 atom stereocenters. The highest BCUT2D eigenvalue weighted by molar-refractivity contribution is 5.78. The van der Waals surface area contributed by atoms with Crippen LogP contribution in [0.25, 0.3) is 0 Å². The summed E-state index contributed by atoms with van der Waals surface area (Å²) in [6.07, 6.45) is 0. The fourth-order valence-corrected chi connectivity index (χ4v) is 2.59. The quantitative estimate of drug-likeness (QED) is 0.701. The van der Waals surface area contributed by atoms with Gasteiger partial charge >= 0.3 is 0 Å². The molecule has 0 fully saturated rings. The molecular weight excluding hydrogens is 296 g/mol. The molecule has 0 radical (unpaired) electrons. The van der Waals surface area contributed by atoms with Gasteiger partial charge in [-0.05, 0) is 72.8 Å². The molecule has 0 aliphatic rings. The normalized spacial score (nSPS) is 10.4. The van der Waals surface area contributed by atoms with Crippen LogP contribution in [-0.4, -0.2) is 14.1 Å². The van der Waals surface area contributed by atoms with Crippen LogP contribution < -0.4 is 21.3 Å². The summed E-state index contributed by atoms with van der Waals surface area (Å²) in [6.45, 7) is 0. The van der Waals surface area contributed by atoms with E-state index < -0.39 is 0 Å². The molecule has 0 heterocycles. The lowest BCUT2D eigenvalue weighted by atomic mass is 10.1. The molecule has 4 N–H and O–H groups in total. The molecule has 3 rings (SSSR count). The van der Waals surface area contributed by atoms with Gasteiger partial charge in [-0.25, -0.2) is 0 Å². The number of hydrogen-bond acceptors (Lipinski definition) is 4. The van der Waals surface area contributed by atoms with E-state index in [1.807, 2.05) is 62.6 Å². The number of anilines is 6. The molecule has 3 aromatic rings. The van der Waals surface area contributed by atoms with Crippen LogP contribution in [0.1, 0.15) is 0 Å².